The van der Waals surface area contributed by atoms with E-state index in [0.717, 1.165) is 29.6 Å². The standard InChI is InChI=1S/C18H28FN/c1-13-16(19)6-5-7-17(13)20-12-14-8-10-15(11-9-14)18(2,3)4/h5-7,14-15,20H,8-12H2,1-4H3. The van der Waals surface area contributed by atoms with Gasteiger partial charge in [0.2, 0.25) is 0 Å². The zero-order chi connectivity index (χ0) is 14.8. The van der Waals surface area contributed by atoms with Crippen molar-refractivity contribution in [3.8, 4) is 0 Å². The maximum atomic E-state index is 13.5. The predicted molar refractivity (Wildman–Crippen MR) is 84.5 cm³/mol. The van der Waals surface area contributed by atoms with Gasteiger partial charge in [-0.05, 0) is 62.0 Å². The van der Waals surface area contributed by atoms with Crippen molar-refractivity contribution < 1.29 is 4.39 Å². The molecule has 0 aliphatic heterocycles. The van der Waals surface area contributed by atoms with Gasteiger partial charge in [0.05, 0.1) is 0 Å². The van der Waals surface area contributed by atoms with Crippen molar-refractivity contribution in [1.29, 1.82) is 0 Å². The molecule has 1 fully saturated rings. The Labute approximate surface area is 123 Å². The molecule has 1 nitrogen and oxygen atoms in total. The largest absolute Gasteiger partial charge is 0.384 e. The van der Waals surface area contributed by atoms with E-state index in [1.54, 1.807) is 6.07 Å². The van der Waals surface area contributed by atoms with E-state index in [9.17, 15) is 4.39 Å². The van der Waals surface area contributed by atoms with E-state index in [2.05, 4.69) is 26.1 Å². The van der Waals surface area contributed by atoms with Crippen molar-refractivity contribution in [2.45, 2.75) is 53.4 Å². The summed E-state index contributed by atoms with van der Waals surface area (Å²) < 4.78 is 13.5. The smallest absolute Gasteiger partial charge is 0.128 e. The maximum Gasteiger partial charge on any atom is 0.128 e. The van der Waals surface area contributed by atoms with Gasteiger partial charge >= 0.3 is 0 Å². The molecule has 0 amide bonds. The Morgan fingerprint density at radius 1 is 1.15 bits per heavy atom. The molecule has 1 saturated carbocycles. The van der Waals surface area contributed by atoms with E-state index in [-0.39, 0.29) is 5.82 Å². The van der Waals surface area contributed by atoms with Crippen molar-refractivity contribution >= 4 is 5.69 Å². The summed E-state index contributed by atoms with van der Waals surface area (Å²) in [5.74, 6) is 1.47. The molecule has 0 saturated heterocycles. The summed E-state index contributed by atoms with van der Waals surface area (Å²) >= 11 is 0. The Bertz CT molecular complexity index is 439. The topological polar surface area (TPSA) is 12.0 Å². The van der Waals surface area contributed by atoms with E-state index in [4.69, 9.17) is 0 Å². The molecule has 1 N–H and O–H groups in total. The lowest BCUT2D eigenvalue weighted by molar-refractivity contribution is 0.153. The lowest BCUT2D eigenvalue weighted by Crippen LogP contribution is -2.28. The predicted octanol–water partition coefficient (Wildman–Crippen LogP) is 5.40. The molecular formula is C18H28FN. The molecule has 1 aliphatic rings. The number of benzene rings is 1. The summed E-state index contributed by atoms with van der Waals surface area (Å²) in [6.07, 6.45) is 5.25. The van der Waals surface area contributed by atoms with E-state index in [1.807, 2.05) is 13.0 Å². The van der Waals surface area contributed by atoms with Crippen LogP contribution < -0.4 is 5.32 Å². The number of hydrogen-bond donors (Lipinski definition) is 1. The van der Waals surface area contributed by atoms with Gasteiger partial charge in [-0.1, -0.05) is 26.8 Å². The number of rotatable bonds is 3. The van der Waals surface area contributed by atoms with Gasteiger partial charge in [0.15, 0.2) is 0 Å². The van der Waals surface area contributed by atoms with Crippen LogP contribution in [0.2, 0.25) is 0 Å². The Kier molecular flexibility index (Phi) is 4.72. The summed E-state index contributed by atoms with van der Waals surface area (Å²) in [5.41, 5.74) is 2.12. The summed E-state index contributed by atoms with van der Waals surface area (Å²) in [5, 5.41) is 3.44. The third kappa shape index (κ3) is 3.74. The highest BCUT2D eigenvalue weighted by molar-refractivity contribution is 5.50. The number of nitrogens with one attached hydrogen (secondary N) is 1. The Morgan fingerprint density at radius 3 is 2.40 bits per heavy atom. The van der Waals surface area contributed by atoms with Crippen LogP contribution in [0.4, 0.5) is 10.1 Å². The summed E-state index contributed by atoms with van der Waals surface area (Å²) in [6, 6.07) is 5.27. The zero-order valence-electron chi connectivity index (χ0n) is 13.3. The van der Waals surface area contributed by atoms with Crippen molar-refractivity contribution in [1.82, 2.24) is 0 Å². The molecule has 112 valence electrons. The van der Waals surface area contributed by atoms with Crippen LogP contribution in [-0.4, -0.2) is 6.54 Å². The van der Waals surface area contributed by atoms with Crippen molar-refractivity contribution in [3.05, 3.63) is 29.6 Å². The van der Waals surface area contributed by atoms with Gasteiger partial charge in [-0.3, -0.25) is 0 Å². The molecule has 0 radical (unpaired) electrons. The Morgan fingerprint density at radius 2 is 1.80 bits per heavy atom. The van der Waals surface area contributed by atoms with Crippen LogP contribution in [0.25, 0.3) is 0 Å². The van der Waals surface area contributed by atoms with Gasteiger partial charge in [-0.2, -0.15) is 0 Å². The Balaban J connectivity index is 1.83. The first kappa shape index (κ1) is 15.3. The minimum absolute atomic E-state index is 0.119. The van der Waals surface area contributed by atoms with Gasteiger partial charge in [0.1, 0.15) is 5.82 Å². The highest BCUT2D eigenvalue weighted by atomic mass is 19.1. The SMILES string of the molecule is Cc1c(F)cccc1NCC1CCC(C(C)(C)C)CC1. The lowest BCUT2D eigenvalue weighted by Gasteiger charge is -2.37. The Hall–Kier alpha value is -1.05. The van der Waals surface area contributed by atoms with Gasteiger partial charge in [-0.25, -0.2) is 4.39 Å². The van der Waals surface area contributed by atoms with Crippen molar-refractivity contribution in [2.24, 2.45) is 17.3 Å². The van der Waals surface area contributed by atoms with Gasteiger partial charge in [0.25, 0.3) is 0 Å². The van der Waals surface area contributed by atoms with Crippen molar-refractivity contribution in [3.63, 3.8) is 0 Å². The second-order valence-electron chi connectivity index (χ2n) is 7.38. The quantitative estimate of drug-likeness (QED) is 0.780. The fourth-order valence-corrected chi connectivity index (χ4v) is 3.29. The fraction of sp³-hybridized carbons (Fsp3) is 0.667. The molecule has 1 aromatic rings. The van der Waals surface area contributed by atoms with Crippen LogP contribution in [0.1, 0.15) is 52.0 Å². The van der Waals surface area contributed by atoms with E-state index in [1.165, 1.54) is 31.7 Å². The molecule has 20 heavy (non-hydrogen) atoms. The first-order chi connectivity index (χ1) is 9.38. The zero-order valence-corrected chi connectivity index (χ0v) is 13.3. The summed E-state index contributed by atoms with van der Waals surface area (Å²) in [4.78, 5) is 0. The van der Waals surface area contributed by atoms with Crippen LogP contribution in [0.5, 0.6) is 0 Å². The number of halogens is 1. The highest BCUT2D eigenvalue weighted by Gasteiger charge is 2.29. The van der Waals surface area contributed by atoms with Crippen LogP contribution in [0, 0.1) is 30.0 Å². The van der Waals surface area contributed by atoms with Gasteiger partial charge in [0, 0.05) is 17.8 Å². The third-order valence-electron chi connectivity index (χ3n) is 4.92. The summed E-state index contributed by atoms with van der Waals surface area (Å²) in [7, 11) is 0. The fourth-order valence-electron chi connectivity index (χ4n) is 3.29. The highest BCUT2D eigenvalue weighted by Crippen LogP contribution is 2.39. The van der Waals surface area contributed by atoms with E-state index >= 15 is 0 Å². The van der Waals surface area contributed by atoms with Crippen LogP contribution in [0.3, 0.4) is 0 Å². The molecule has 0 unspecified atom stereocenters. The average Bonchev–Trinajstić information content (AvgIpc) is 2.40. The van der Waals surface area contributed by atoms with E-state index < -0.39 is 0 Å². The van der Waals surface area contributed by atoms with Crippen LogP contribution in [0.15, 0.2) is 18.2 Å². The molecule has 2 heteroatoms. The second-order valence-corrected chi connectivity index (χ2v) is 7.38. The van der Waals surface area contributed by atoms with Gasteiger partial charge in [-0.15, -0.1) is 0 Å². The summed E-state index contributed by atoms with van der Waals surface area (Å²) in [6.45, 7) is 9.88. The minimum Gasteiger partial charge on any atom is -0.384 e. The molecule has 1 aromatic carbocycles. The normalized spacial score (nSPS) is 23.6. The molecular weight excluding hydrogens is 249 g/mol. The second kappa shape index (κ2) is 6.15. The minimum atomic E-state index is -0.119. The first-order valence-corrected chi connectivity index (χ1v) is 7.87. The maximum absolute atomic E-state index is 13.5. The van der Waals surface area contributed by atoms with Gasteiger partial charge < -0.3 is 5.32 Å². The molecule has 1 aliphatic carbocycles. The van der Waals surface area contributed by atoms with Crippen LogP contribution >= 0.6 is 0 Å². The molecule has 2 rings (SSSR count). The lowest BCUT2D eigenvalue weighted by atomic mass is 9.70. The molecule has 0 aromatic heterocycles. The first-order valence-electron chi connectivity index (χ1n) is 7.87. The number of hydrogen-bond acceptors (Lipinski definition) is 1. The van der Waals surface area contributed by atoms with Crippen molar-refractivity contribution in [2.75, 3.05) is 11.9 Å². The van der Waals surface area contributed by atoms with E-state index in [0.29, 0.717) is 5.41 Å². The number of anilines is 1. The average molecular weight is 277 g/mol. The third-order valence-corrected chi connectivity index (χ3v) is 4.92. The molecule has 0 spiro atoms. The van der Waals surface area contributed by atoms with Crippen LogP contribution in [-0.2, 0) is 0 Å². The molecule has 0 bridgehead atoms. The monoisotopic (exact) mass is 277 g/mol. The molecule has 0 heterocycles. The molecule has 0 atom stereocenters.